The highest BCUT2D eigenvalue weighted by Crippen LogP contribution is 2.30. The Morgan fingerprint density at radius 3 is 2.56 bits per heavy atom. The summed E-state index contributed by atoms with van der Waals surface area (Å²) in [5, 5.41) is 14.0. The number of carbonyl (C=O) groups excluding carboxylic acids is 2. The second-order valence-electron chi connectivity index (χ2n) is 7.90. The van der Waals surface area contributed by atoms with Crippen LogP contribution in [0.25, 0.3) is 0 Å². The van der Waals surface area contributed by atoms with Crippen LogP contribution in [-0.2, 0) is 35.2 Å². The number of amides is 2. The van der Waals surface area contributed by atoms with Gasteiger partial charge in [-0.1, -0.05) is 49.0 Å². The molecule has 3 aromatic rings. The third kappa shape index (κ3) is 6.97. The molecule has 190 valence electrons. The lowest BCUT2D eigenvalue weighted by atomic mass is 10.1. The summed E-state index contributed by atoms with van der Waals surface area (Å²) in [6.45, 7) is 7.94. The van der Waals surface area contributed by atoms with Gasteiger partial charge in [0.1, 0.15) is 5.82 Å². The first kappa shape index (κ1) is 27.0. The van der Waals surface area contributed by atoms with Gasteiger partial charge in [0.25, 0.3) is 0 Å². The fourth-order valence-corrected chi connectivity index (χ4v) is 4.27. The van der Waals surface area contributed by atoms with Crippen LogP contribution in [0.4, 0.5) is 24.5 Å². The van der Waals surface area contributed by atoms with Crippen LogP contribution in [0, 0.1) is 6.92 Å². The Morgan fingerprint density at radius 2 is 1.86 bits per heavy atom. The Balaban J connectivity index is 1.66. The smallest absolute Gasteiger partial charge is 0.326 e. The second kappa shape index (κ2) is 11.9. The number of carbonyl (C=O) groups is 2. The van der Waals surface area contributed by atoms with E-state index < -0.39 is 17.6 Å². The number of anilines is 2. The second-order valence-corrected chi connectivity index (χ2v) is 8.84. The van der Waals surface area contributed by atoms with Crippen molar-refractivity contribution < 1.29 is 22.8 Å². The van der Waals surface area contributed by atoms with Crippen LogP contribution >= 0.6 is 11.8 Å². The van der Waals surface area contributed by atoms with Crippen molar-refractivity contribution in [1.29, 1.82) is 0 Å². The SMILES string of the molecule is C=CCn1c(CC(=O)Nc2cccc(C(F)(F)F)c2)nnc1SCC(=O)Nc1c(C)cccc1CC. The van der Waals surface area contributed by atoms with Crippen molar-refractivity contribution in [1.82, 2.24) is 14.8 Å². The molecule has 1 heterocycles. The number of alkyl halides is 3. The van der Waals surface area contributed by atoms with Crippen LogP contribution in [0.1, 0.15) is 29.4 Å². The van der Waals surface area contributed by atoms with E-state index in [-0.39, 0.29) is 23.8 Å². The van der Waals surface area contributed by atoms with Crippen molar-refractivity contribution in [3.8, 4) is 0 Å². The van der Waals surface area contributed by atoms with Gasteiger partial charge in [-0.25, -0.2) is 0 Å². The van der Waals surface area contributed by atoms with Gasteiger partial charge in [0, 0.05) is 17.9 Å². The van der Waals surface area contributed by atoms with Crippen molar-refractivity contribution in [2.75, 3.05) is 16.4 Å². The van der Waals surface area contributed by atoms with E-state index in [0.29, 0.717) is 17.5 Å². The molecule has 36 heavy (non-hydrogen) atoms. The molecule has 11 heteroatoms. The number of benzene rings is 2. The summed E-state index contributed by atoms with van der Waals surface area (Å²) < 4.78 is 40.4. The predicted molar refractivity (Wildman–Crippen MR) is 134 cm³/mol. The van der Waals surface area contributed by atoms with E-state index in [4.69, 9.17) is 0 Å². The molecule has 7 nitrogen and oxygen atoms in total. The Bertz CT molecular complexity index is 1260. The highest BCUT2D eigenvalue weighted by molar-refractivity contribution is 7.99. The Hall–Kier alpha value is -3.60. The number of halogens is 3. The predicted octanol–water partition coefficient (Wildman–Crippen LogP) is 5.27. The monoisotopic (exact) mass is 517 g/mol. The van der Waals surface area contributed by atoms with Crippen molar-refractivity contribution in [3.05, 3.63) is 77.6 Å². The average Bonchev–Trinajstić information content (AvgIpc) is 3.19. The molecule has 0 saturated carbocycles. The zero-order valence-electron chi connectivity index (χ0n) is 19.9. The van der Waals surface area contributed by atoms with E-state index in [0.717, 1.165) is 47.1 Å². The van der Waals surface area contributed by atoms with Crippen LogP contribution in [0.5, 0.6) is 0 Å². The summed E-state index contributed by atoms with van der Waals surface area (Å²) in [6, 6.07) is 10.2. The number of nitrogens with one attached hydrogen (secondary N) is 2. The minimum atomic E-state index is -4.51. The highest BCUT2D eigenvalue weighted by atomic mass is 32.2. The number of hydrogen-bond donors (Lipinski definition) is 2. The number of thioether (sulfide) groups is 1. The minimum absolute atomic E-state index is 0.0264. The topological polar surface area (TPSA) is 88.9 Å². The molecule has 0 aliphatic rings. The van der Waals surface area contributed by atoms with E-state index in [2.05, 4.69) is 27.4 Å². The van der Waals surface area contributed by atoms with Gasteiger partial charge < -0.3 is 15.2 Å². The molecule has 0 radical (unpaired) electrons. The van der Waals surface area contributed by atoms with Crippen LogP contribution in [-0.4, -0.2) is 32.3 Å². The summed E-state index contributed by atoms with van der Waals surface area (Å²) in [5.41, 5.74) is 1.97. The molecule has 0 spiro atoms. The summed E-state index contributed by atoms with van der Waals surface area (Å²) in [7, 11) is 0. The van der Waals surface area contributed by atoms with Gasteiger partial charge in [0.2, 0.25) is 11.8 Å². The molecule has 0 fully saturated rings. The number of rotatable bonds is 10. The maximum Gasteiger partial charge on any atom is 0.416 e. The first-order valence-corrected chi connectivity index (χ1v) is 12.1. The summed E-state index contributed by atoms with van der Waals surface area (Å²) in [6.07, 6.45) is -2.35. The van der Waals surface area contributed by atoms with Crippen LogP contribution in [0.3, 0.4) is 0 Å². The lowest BCUT2D eigenvalue weighted by Crippen LogP contribution is -2.19. The number of aryl methyl sites for hydroxylation is 2. The fraction of sp³-hybridized carbons (Fsp3) is 0.280. The molecule has 2 aromatic carbocycles. The van der Waals surface area contributed by atoms with E-state index in [1.807, 2.05) is 32.0 Å². The maximum atomic E-state index is 12.9. The molecule has 0 atom stereocenters. The van der Waals surface area contributed by atoms with Crippen molar-refractivity contribution in [2.24, 2.45) is 0 Å². The van der Waals surface area contributed by atoms with Crippen LogP contribution in [0.15, 0.2) is 60.3 Å². The third-order valence-corrected chi connectivity index (χ3v) is 6.20. The van der Waals surface area contributed by atoms with Gasteiger partial charge in [-0.15, -0.1) is 16.8 Å². The molecule has 0 aliphatic heterocycles. The summed E-state index contributed by atoms with van der Waals surface area (Å²) in [4.78, 5) is 25.1. The van der Waals surface area contributed by atoms with E-state index in [1.165, 1.54) is 12.1 Å². The lowest BCUT2D eigenvalue weighted by Gasteiger charge is -2.13. The van der Waals surface area contributed by atoms with Gasteiger partial charge in [0.15, 0.2) is 5.16 Å². The zero-order valence-corrected chi connectivity index (χ0v) is 20.7. The van der Waals surface area contributed by atoms with Crippen molar-refractivity contribution in [2.45, 2.75) is 44.6 Å². The number of para-hydroxylation sites is 1. The largest absolute Gasteiger partial charge is 0.416 e. The molecular formula is C25H26F3N5O2S. The molecule has 1 aromatic heterocycles. The van der Waals surface area contributed by atoms with Gasteiger partial charge in [-0.05, 0) is 42.7 Å². The van der Waals surface area contributed by atoms with Crippen molar-refractivity contribution >= 4 is 35.0 Å². The Morgan fingerprint density at radius 1 is 1.11 bits per heavy atom. The van der Waals surface area contributed by atoms with E-state index in [1.54, 1.807) is 10.6 Å². The number of aromatic nitrogens is 3. The van der Waals surface area contributed by atoms with Gasteiger partial charge in [0.05, 0.1) is 17.7 Å². The summed E-state index contributed by atoms with van der Waals surface area (Å²) in [5.74, 6) is -0.383. The van der Waals surface area contributed by atoms with Gasteiger partial charge in [-0.3, -0.25) is 9.59 Å². The molecule has 0 saturated heterocycles. The molecule has 0 unspecified atom stereocenters. The maximum absolute atomic E-state index is 12.9. The Kier molecular flexibility index (Phi) is 8.92. The number of allylic oxidation sites excluding steroid dienone is 1. The van der Waals surface area contributed by atoms with E-state index >= 15 is 0 Å². The standard InChI is InChI=1S/C25H26F3N5O2S/c1-4-12-33-20(14-21(34)29-19-11-7-10-18(13-19)25(26,27)28)31-32-24(33)36-15-22(35)30-23-16(3)8-6-9-17(23)5-2/h4,6-11,13H,1,5,12,14-15H2,2-3H3,(H,29,34)(H,30,35). The first-order valence-electron chi connectivity index (χ1n) is 11.1. The fourth-order valence-electron chi connectivity index (χ4n) is 3.50. The Labute approximate surface area is 211 Å². The number of nitrogens with zero attached hydrogens (tertiary/aromatic N) is 3. The van der Waals surface area contributed by atoms with Crippen LogP contribution in [0.2, 0.25) is 0 Å². The molecule has 3 rings (SSSR count). The van der Waals surface area contributed by atoms with Gasteiger partial charge in [-0.2, -0.15) is 13.2 Å². The van der Waals surface area contributed by atoms with Crippen molar-refractivity contribution in [3.63, 3.8) is 0 Å². The molecule has 0 aliphatic carbocycles. The average molecular weight is 518 g/mol. The summed E-state index contributed by atoms with van der Waals surface area (Å²) >= 11 is 1.16. The quantitative estimate of drug-likeness (QED) is 0.283. The lowest BCUT2D eigenvalue weighted by molar-refractivity contribution is -0.137. The first-order chi connectivity index (χ1) is 17.1. The third-order valence-electron chi connectivity index (χ3n) is 5.23. The molecular weight excluding hydrogens is 491 g/mol. The molecule has 0 bridgehead atoms. The number of hydrogen-bond acceptors (Lipinski definition) is 5. The van der Waals surface area contributed by atoms with Gasteiger partial charge >= 0.3 is 6.18 Å². The molecule has 2 N–H and O–H groups in total. The highest BCUT2D eigenvalue weighted by Gasteiger charge is 2.30. The van der Waals surface area contributed by atoms with Crippen LogP contribution < -0.4 is 10.6 Å². The minimum Gasteiger partial charge on any atom is -0.326 e. The zero-order chi connectivity index (χ0) is 26.3. The molecule has 2 amide bonds. The van der Waals surface area contributed by atoms with E-state index in [9.17, 15) is 22.8 Å². The normalized spacial score (nSPS) is 11.2.